The van der Waals surface area contributed by atoms with E-state index in [0.29, 0.717) is 0 Å². The van der Waals surface area contributed by atoms with Crippen LogP contribution in [0.1, 0.15) is 16.7 Å². The van der Waals surface area contributed by atoms with Crippen LogP contribution in [0.3, 0.4) is 0 Å². The van der Waals surface area contributed by atoms with Gasteiger partial charge in [-0.05, 0) is 0 Å². The molecule has 0 saturated heterocycles. The third-order valence-electron chi connectivity index (χ3n) is 2.20. The summed E-state index contributed by atoms with van der Waals surface area (Å²) in [5.41, 5.74) is 0.882. The Morgan fingerprint density at radius 1 is 1.31 bits per heavy atom. The fourth-order valence-corrected chi connectivity index (χ4v) is 6.56. The van der Waals surface area contributed by atoms with Gasteiger partial charge in [0.2, 0.25) is 0 Å². The molecule has 0 radical (unpaired) electrons. The van der Waals surface area contributed by atoms with E-state index < -0.39 is 10.5 Å². The van der Waals surface area contributed by atoms with Gasteiger partial charge in [0.1, 0.15) is 0 Å². The summed E-state index contributed by atoms with van der Waals surface area (Å²) in [7, 11) is 16.0. The number of ether oxygens (including phenoxy) is 1. The molecule has 0 N–H and O–H groups in total. The summed E-state index contributed by atoms with van der Waals surface area (Å²) in [5, 5.41) is 0. The molecule has 0 aliphatic carbocycles. The molecule has 1 rings (SSSR count). The average Bonchev–Trinajstić information content (AvgIpc) is 2.25. The first-order valence-corrected chi connectivity index (χ1v) is 14.1. The molecule has 16 heavy (non-hydrogen) atoms. The van der Waals surface area contributed by atoms with Crippen molar-refractivity contribution in [1.82, 2.24) is 0 Å². The van der Waals surface area contributed by atoms with Crippen molar-refractivity contribution in [3.8, 4) is 0 Å². The average molecular weight is 342 g/mol. The molecule has 0 aliphatic heterocycles. The predicted octanol–water partition coefficient (Wildman–Crippen LogP) is 3.53. The van der Waals surface area contributed by atoms with Crippen molar-refractivity contribution in [3.63, 3.8) is 0 Å². The van der Waals surface area contributed by atoms with Crippen LogP contribution in [0.5, 0.6) is 0 Å². The van der Waals surface area contributed by atoms with Gasteiger partial charge in [-0.25, -0.2) is 0 Å². The zero-order valence-electron chi connectivity index (χ0n) is 8.62. The van der Waals surface area contributed by atoms with Crippen molar-refractivity contribution in [2.75, 3.05) is 7.11 Å². The molecule has 0 saturated carbocycles. The van der Waals surface area contributed by atoms with Crippen LogP contribution < -0.4 is 0 Å². The fourth-order valence-electron chi connectivity index (χ4n) is 1.36. The number of esters is 1. The van der Waals surface area contributed by atoms with Crippen molar-refractivity contribution >= 4 is 46.5 Å². The number of methoxy groups -OCH3 is 1. The van der Waals surface area contributed by atoms with Gasteiger partial charge < -0.3 is 0 Å². The molecule has 1 aromatic rings. The summed E-state index contributed by atoms with van der Waals surface area (Å²) >= 11 is 0. The number of hydrogen-bond donors (Lipinski definition) is 0. The summed E-state index contributed by atoms with van der Waals surface area (Å²) in [6, 6.07) is 9.32. The summed E-state index contributed by atoms with van der Waals surface area (Å²) in [6.45, 7) is 0. The summed E-state index contributed by atoms with van der Waals surface area (Å²) in [6.07, 6.45) is 0.122. The molecule has 2 nitrogen and oxygen atoms in total. The van der Waals surface area contributed by atoms with Crippen molar-refractivity contribution in [1.29, 1.82) is 0 Å². The van der Waals surface area contributed by atoms with E-state index in [1.165, 1.54) is 7.11 Å². The van der Waals surface area contributed by atoms with Crippen molar-refractivity contribution < 1.29 is 9.53 Å². The first-order valence-electron chi connectivity index (χ1n) is 4.63. The summed E-state index contributed by atoms with van der Waals surface area (Å²) in [4.78, 5) is 11.3. The molecule has 1 aromatic carbocycles. The first kappa shape index (κ1) is 14.2. The predicted molar refractivity (Wildman–Crippen MR) is 69.1 cm³/mol. The number of carbonyl (C=O) groups excluding carboxylic acids is 1. The molecule has 0 fully saturated rings. The van der Waals surface area contributed by atoms with Gasteiger partial charge in [0.05, 0.1) is 0 Å². The fraction of sp³-hybridized carbons (Fsp3) is 0.300. The number of carbonyl (C=O) groups is 1. The number of rotatable bonds is 4. The molecule has 6 heteroatoms. The van der Waals surface area contributed by atoms with Crippen molar-refractivity contribution in [2.24, 2.45) is 0 Å². The molecule has 1 atom stereocenters. The first-order chi connectivity index (χ1) is 7.45. The van der Waals surface area contributed by atoms with Gasteiger partial charge in [-0.15, -0.1) is 0 Å². The quantitative estimate of drug-likeness (QED) is 0.618. The van der Waals surface area contributed by atoms with Crippen LogP contribution in [0, 0.1) is 0 Å². The van der Waals surface area contributed by atoms with E-state index in [-0.39, 0.29) is 17.1 Å². The van der Waals surface area contributed by atoms with E-state index in [0.717, 1.165) is 5.56 Å². The Morgan fingerprint density at radius 3 is 2.31 bits per heavy atom. The molecule has 0 bridgehead atoms. The Bertz CT molecular complexity index is 351. The van der Waals surface area contributed by atoms with Crippen molar-refractivity contribution in [2.45, 2.75) is 11.2 Å². The van der Waals surface area contributed by atoms with E-state index in [4.69, 9.17) is 30.0 Å². The van der Waals surface area contributed by atoms with Crippen LogP contribution in [0.25, 0.3) is 0 Å². The molecule has 0 aliphatic rings. The molecule has 0 heterocycles. The second-order valence-corrected chi connectivity index (χ2v) is 19.3. The SMILES string of the molecule is COC(=O)C[CH](c1ccccc1)[Ge]([Cl])([Cl])[Cl]. The molecular weight excluding hydrogens is 331 g/mol. The monoisotopic (exact) mass is 342 g/mol. The zero-order chi connectivity index (χ0) is 12.2. The molecule has 0 aromatic heterocycles. The van der Waals surface area contributed by atoms with E-state index in [2.05, 4.69) is 4.74 Å². The van der Waals surface area contributed by atoms with E-state index in [1.807, 2.05) is 30.3 Å². The number of hydrogen-bond acceptors (Lipinski definition) is 2. The second kappa shape index (κ2) is 6.15. The van der Waals surface area contributed by atoms with E-state index in [1.54, 1.807) is 0 Å². The maximum absolute atomic E-state index is 11.3. The number of halogens is 3. The van der Waals surface area contributed by atoms with Gasteiger partial charge in [-0.1, -0.05) is 0 Å². The summed E-state index contributed by atoms with van der Waals surface area (Å²) < 4.78 is 4.29. The Morgan fingerprint density at radius 2 is 1.88 bits per heavy atom. The van der Waals surface area contributed by atoms with Crippen LogP contribution in [0.15, 0.2) is 30.3 Å². The molecule has 0 spiro atoms. The Hall–Kier alpha value is 0.103. The second-order valence-electron chi connectivity index (χ2n) is 3.29. The van der Waals surface area contributed by atoms with Crippen LogP contribution in [-0.4, -0.2) is 23.6 Å². The van der Waals surface area contributed by atoms with Crippen molar-refractivity contribution in [3.05, 3.63) is 35.9 Å². The minimum atomic E-state index is -3.50. The Balaban J connectivity index is 2.93. The van der Waals surface area contributed by atoms with Gasteiger partial charge in [0, 0.05) is 0 Å². The Kier molecular flexibility index (Phi) is 5.44. The van der Waals surface area contributed by atoms with Crippen LogP contribution in [0.2, 0.25) is 0 Å². The normalized spacial score (nSPS) is 13.2. The van der Waals surface area contributed by atoms with Gasteiger partial charge in [0.25, 0.3) is 0 Å². The number of benzene rings is 1. The van der Waals surface area contributed by atoms with Gasteiger partial charge in [0.15, 0.2) is 0 Å². The van der Waals surface area contributed by atoms with E-state index >= 15 is 0 Å². The molecule has 1 unspecified atom stereocenters. The standard InChI is InChI=1S/C10H11Cl3GeO2/c1-16-10(15)7-9(14(11,12)13)8-5-3-2-4-6-8/h2-6,9H,7H2,1H3. The van der Waals surface area contributed by atoms with Crippen LogP contribution in [0.4, 0.5) is 0 Å². The summed E-state index contributed by atoms with van der Waals surface area (Å²) in [5.74, 6) is -0.356. The van der Waals surface area contributed by atoms with E-state index in [9.17, 15) is 4.79 Å². The molecule has 0 amide bonds. The van der Waals surface area contributed by atoms with Gasteiger partial charge in [-0.3, -0.25) is 0 Å². The minimum absolute atomic E-state index is 0.122. The zero-order valence-corrected chi connectivity index (χ0v) is 13.0. The third kappa shape index (κ3) is 4.17. The third-order valence-corrected chi connectivity index (χ3v) is 9.09. The maximum atomic E-state index is 11.3. The van der Waals surface area contributed by atoms with Crippen LogP contribution in [-0.2, 0) is 9.53 Å². The molecule has 88 valence electrons. The van der Waals surface area contributed by atoms with Gasteiger partial charge >= 0.3 is 110 Å². The van der Waals surface area contributed by atoms with Crippen LogP contribution >= 0.6 is 30.0 Å². The Labute approximate surface area is 110 Å². The topological polar surface area (TPSA) is 26.3 Å². The van der Waals surface area contributed by atoms with Gasteiger partial charge in [-0.2, -0.15) is 0 Å². The molecular formula is C10H11Cl3GeO2.